The number of hydrogen-bond donors (Lipinski definition) is 1. The van der Waals surface area contributed by atoms with Gasteiger partial charge in [0.05, 0.1) is 25.3 Å². The number of aromatic nitrogens is 1. The van der Waals surface area contributed by atoms with Crippen LogP contribution in [0.1, 0.15) is 28.6 Å². The van der Waals surface area contributed by atoms with E-state index in [4.69, 9.17) is 9.26 Å². The van der Waals surface area contributed by atoms with E-state index in [9.17, 15) is 9.18 Å². The lowest BCUT2D eigenvalue weighted by Crippen LogP contribution is -2.38. The fourth-order valence-electron chi connectivity index (χ4n) is 2.95. The van der Waals surface area contributed by atoms with Gasteiger partial charge in [-0.25, -0.2) is 4.39 Å². The van der Waals surface area contributed by atoms with Crippen LogP contribution in [-0.4, -0.2) is 42.7 Å². The Balaban J connectivity index is 1.75. The molecule has 1 amide bonds. The fourth-order valence-corrected chi connectivity index (χ4v) is 2.95. The lowest BCUT2D eigenvalue weighted by molar-refractivity contribution is 0.0890. The van der Waals surface area contributed by atoms with Gasteiger partial charge in [-0.3, -0.25) is 9.69 Å². The molecule has 0 spiro atoms. The maximum Gasteiger partial charge on any atom is 0.290 e. The van der Waals surface area contributed by atoms with Gasteiger partial charge in [0.2, 0.25) is 5.76 Å². The van der Waals surface area contributed by atoms with Crippen molar-refractivity contribution in [1.82, 2.24) is 15.4 Å². The number of ether oxygens (including phenoxy) is 1. The van der Waals surface area contributed by atoms with Crippen LogP contribution in [0.25, 0.3) is 0 Å². The molecule has 1 aromatic carbocycles. The highest BCUT2D eigenvalue weighted by molar-refractivity contribution is 5.91. The minimum absolute atomic E-state index is 0.00985. The van der Waals surface area contributed by atoms with Gasteiger partial charge in [-0.2, -0.15) is 0 Å². The van der Waals surface area contributed by atoms with E-state index in [-0.39, 0.29) is 35.4 Å². The third kappa shape index (κ3) is 3.19. The molecular formula is C16H18FN3O3. The summed E-state index contributed by atoms with van der Waals surface area (Å²) >= 11 is 0. The number of carbonyl (C=O) groups excluding carboxylic acids is 1. The largest absolute Gasteiger partial charge is 0.479 e. The molecule has 0 bridgehead atoms. The van der Waals surface area contributed by atoms with Crippen LogP contribution in [0.3, 0.4) is 0 Å². The van der Waals surface area contributed by atoms with Crippen molar-refractivity contribution >= 4 is 5.91 Å². The molecule has 2 aromatic rings. The number of hydrogen-bond acceptors (Lipinski definition) is 5. The molecule has 0 radical (unpaired) electrons. The van der Waals surface area contributed by atoms with Gasteiger partial charge in [0.15, 0.2) is 0 Å². The lowest BCUT2D eigenvalue weighted by Gasteiger charge is -2.25. The second kappa shape index (κ2) is 6.37. The van der Waals surface area contributed by atoms with E-state index in [1.807, 2.05) is 7.05 Å². The van der Waals surface area contributed by atoms with E-state index in [1.165, 1.54) is 25.3 Å². The molecule has 1 aliphatic rings. The van der Waals surface area contributed by atoms with Crippen molar-refractivity contribution in [3.8, 4) is 5.88 Å². The third-order valence-electron chi connectivity index (χ3n) is 4.10. The number of halogens is 1. The zero-order valence-corrected chi connectivity index (χ0v) is 13.0. The average molecular weight is 319 g/mol. The number of likely N-dealkylation sites (tertiary alicyclic amines) is 1. The molecule has 1 N–H and O–H groups in total. The Kier molecular flexibility index (Phi) is 4.29. The van der Waals surface area contributed by atoms with Gasteiger partial charge < -0.3 is 14.6 Å². The highest BCUT2D eigenvalue weighted by Gasteiger charge is 2.34. The smallest absolute Gasteiger partial charge is 0.290 e. The summed E-state index contributed by atoms with van der Waals surface area (Å²) in [4.78, 5) is 14.4. The Morgan fingerprint density at radius 2 is 2.17 bits per heavy atom. The zero-order chi connectivity index (χ0) is 16.4. The average Bonchev–Trinajstić information content (AvgIpc) is 3.16. The van der Waals surface area contributed by atoms with Crippen LogP contribution < -0.4 is 10.1 Å². The number of rotatable bonds is 4. The summed E-state index contributed by atoms with van der Waals surface area (Å²) in [6.07, 6.45) is 0.801. The van der Waals surface area contributed by atoms with Crippen molar-refractivity contribution in [2.45, 2.75) is 18.5 Å². The number of nitrogens with one attached hydrogen (secondary N) is 1. The molecule has 6 nitrogen and oxygen atoms in total. The summed E-state index contributed by atoms with van der Waals surface area (Å²) in [6, 6.07) is 7.71. The van der Waals surface area contributed by atoms with Crippen LogP contribution in [-0.2, 0) is 0 Å². The van der Waals surface area contributed by atoms with E-state index in [0.717, 1.165) is 18.5 Å². The minimum atomic E-state index is -0.340. The number of likely N-dealkylation sites (N-methyl/N-ethyl adjacent to an activating group) is 1. The Bertz CT molecular complexity index is 686. The maximum atomic E-state index is 13.1. The van der Waals surface area contributed by atoms with Gasteiger partial charge in [-0.1, -0.05) is 12.1 Å². The monoisotopic (exact) mass is 319 g/mol. The van der Waals surface area contributed by atoms with Crippen molar-refractivity contribution in [3.63, 3.8) is 0 Å². The summed E-state index contributed by atoms with van der Waals surface area (Å²) in [5.74, 6) is -0.250. The van der Waals surface area contributed by atoms with Gasteiger partial charge in [-0.15, -0.1) is 0 Å². The molecule has 1 saturated heterocycles. The summed E-state index contributed by atoms with van der Waals surface area (Å²) in [5.41, 5.74) is 0.965. The quantitative estimate of drug-likeness (QED) is 0.933. The molecule has 3 rings (SSSR count). The first-order valence-corrected chi connectivity index (χ1v) is 7.36. The van der Waals surface area contributed by atoms with Crippen LogP contribution >= 0.6 is 0 Å². The standard InChI is InChI=1S/C16H18FN3O3/c1-20-8-7-12(15(20)10-3-5-11(17)6-4-10)18-16(21)13-9-14(22-2)19-23-13/h3-6,9,12,15H,7-8H2,1-2H3,(H,18,21)/t12-,15+/m0/s1. The Morgan fingerprint density at radius 1 is 1.43 bits per heavy atom. The molecule has 0 unspecified atom stereocenters. The zero-order valence-electron chi connectivity index (χ0n) is 13.0. The molecule has 122 valence electrons. The van der Waals surface area contributed by atoms with Gasteiger partial charge in [0.1, 0.15) is 5.82 Å². The third-order valence-corrected chi connectivity index (χ3v) is 4.10. The normalized spacial score (nSPS) is 21.3. The molecule has 1 aromatic heterocycles. The number of nitrogens with zero attached hydrogens (tertiary/aromatic N) is 2. The lowest BCUT2D eigenvalue weighted by atomic mass is 10.00. The van der Waals surface area contributed by atoms with Crippen molar-refractivity contribution in [2.24, 2.45) is 0 Å². The highest BCUT2D eigenvalue weighted by atomic mass is 19.1. The highest BCUT2D eigenvalue weighted by Crippen LogP contribution is 2.31. The Labute approximate surface area is 133 Å². The second-order valence-corrected chi connectivity index (χ2v) is 5.58. The van der Waals surface area contributed by atoms with Crippen LogP contribution in [0.15, 0.2) is 34.9 Å². The SMILES string of the molecule is COc1cc(C(=O)N[C@H]2CCN(C)[C@@H]2c2ccc(F)cc2)on1. The summed E-state index contributed by atoms with van der Waals surface area (Å²) in [5, 5.41) is 6.58. The van der Waals surface area contributed by atoms with Crippen LogP contribution in [0.2, 0.25) is 0 Å². The van der Waals surface area contributed by atoms with E-state index < -0.39 is 0 Å². The number of carbonyl (C=O) groups is 1. The van der Waals surface area contributed by atoms with Crippen LogP contribution in [0.4, 0.5) is 4.39 Å². The first kappa shape index (κ1) is 15.5. The molecule has 0 aliphatic carbocycles. The van der Waals surface area contributed by atoms with Crippen molar-refractivity contribution < 1.29 is 18.4 Å². The van der Waals surface area contributed by atoms with Crippen LogP contribution in [0, 0.1) is 5.82 Å². The molecule has 23 heavy (non-hydrogen) atoms. The maximum absolute atomic E-state index is 13.1. The van der Waals surface area contributed by atoms with E-state index in [2.05, 4.69) is 15.4 Å². The Hall–Kier alpha value is -2.41. The van der Waals surface area contributed by atoms with E-state index >= 15 is 0 Å². The summed E-state index contributed by atoms with van der Waals surface area (Å²) in [6.45, 7) is 0.840. The summed E-state index contributed by atoms with van der Waals surface area (Å²) in [7, 11) is 3.44. The van der Waals surface area contributed by atoms with Crippen LogP contribution in [0.5, 0.6) is 5.88 Å². The van der Waals surface area contributed by atoms with Gasteiger partial charge in [0, 0.05) is 6.54 Å². The summed E-state index contributed by atoms with van der Waals surface area (Å²) < 4.78 is 23.0. The molecule has 2 atom stereocenters. The second-order valence-electron chi connectivity index (χ2n) is 5.58. The first-order valence-electron chi connectivity index (χ1n) is 7.36. The number of benzene rings is 1. The predicted octanol–water partition coefficient (Wildman–Crippen LogP) is 2.00. The van der Waals surface area contributed by atoms with Crippen molar-refractivity contribution in [3.05, 3.63) is 47.5 Å². The van der Waals surface area contributed by atoms with Gasteiger partial charge >= 0.3 is 0 Å². The predicted molar refractivity (Wildman–Crippen MR) is 80.7 cm³/mol. The molecule has 1 aliphatic heterocycles. The van der Waals surface area contributed by atoms with E-state index in [1.54, 1.807) is 12.1 Å². The molecule has 2 heterocycles. The Morgan fingerprint density at radius 3 is 2.83 bits per heavy atom. The topological polar surface area (TPSA) is 67.6 Å². The van der Waals surface area contributed by atoms with Crippen molar-refractivity contribution in [2.75, 3.05) is 20.7 Å². The fraction of sp³-hybridized carbons (Fsp3) is 0.375. The molecule has 0 saturated carbocycles. The van der Waals surface area contributed by atoms with Crippen molar-refractivity contribution in [1.29, 1.82) is 0 Å². The van der Waals surface area contributed by atoms with E-state index in [0.29, 0.717) is 0 Å². The first-order chi connectivity index (χ1) is 11.1. The molecular weight excluding hydrogens is 301 g/mol. The molecule has 1 fully saturated rings. The number of amides is 1. The van der Waals surface area contributed by atoms with Gasteiger partial charge in [-0.05, 0) is 36.3 Å². The number of methoxy groups -OCH3 is 1. The molecule has 7 heteroatoms. The minimum Gasteiger partial charge on any atom is -0.479 e. The van der Waals surface area contributed by atoms with Gasteiger partial charge in [0.25, 0.3) is 11.8 Å².